The Kier molecular flexibility index (Phi) is 4.87. The molecule has 1 aliphatic carbocycles. The number of aryl methyl sites for hydroxylation is 3. The van der Waals surface area contributed by atoms with Crippen molar-refractivity contribution in [2.75, 3.05) is 6.54 Å². The lowest BCUT2D eigenvalue weighted by molar-refractivity contribution is 0.0954. The predicted octanol–water partition coefficient (Wildman–Crippen LogP) is 3.02. The zero-order chi connectivity index (χ0) is 19.8. The Balaban J connectivity index is 1.44. The van der Waals surface area contributed by atoms with Gasteiger partial charge in [-0.3, -0.25) is 9.48 Å². The predicted molar refractivity (Wildman–Crippen MR) is 104 cm³/mol. The second-order valence-electron chi connectivity index (χ2n) is 7.84. The Hall–Kier alpha value is -2.77. The molecule has 0 atom stereocenters. The van der Waals surface area contributed by atoms with E-state index in [1.165, 1.54) is 0 Å². The average molecular weight is 382 g/mol. The maximum Gasteiger partial charge on any atom is 0.252 e. The van der Waals surface area contributed by atoms with E-state index in [2.05, 4.69) is 20.6 Å². The third-order valence-electron chi connectivity index (χ3n) is 5.08. The highest BCUT2D eigenvalue weighted by Gasteiger charge is 2.28. The molecule has 0 spiro atoms. The standard InChI is InChI=1S/C20H26N6O2/c1-11(2)18-23-16(28-25-18)6-5-9-21-20(27)14-10-15(13-7-8-13)22-19-17(14)12(3)24-26(19)4/h10-11,13H,5-9H2,1-4H3,(H,21,27). The third kappa shape index (κ3) is 3.63. The lowest BCUT2D eigenvalue weighted by Crippen LogP contribution is -2.25. The molecular formula is C20H26N6O2. The highest BCUT2D eigenvalue weighted by molar-refractivity contribution is 6.06. The van der Waals surface area contributed by atoms with Gasteiger partial charge in [-0.25, -0.2) is 4.98 Å². The SMILES string of the molecule is Cc1nn(C)c2nc(C3CC3)cc(C(=O)NCCCc3nc(C(C)C)no3)c12. The van der Waals surface area contributed by atoms with Gasteiger partial charge in [-0.2, -0.15) is 10.1 Å². The number of nitrogens with one attached hydrogen (secondary N) is 1. The number of fused-ring (bicyclic) bond motifs is 1. The summed E-state index contributed by atoms with van der Waals surface area (Å²) in [7, 11) is 1.87. The molecule has 3 heterocycles. The summed E-state index contributed by atoms with van der Waals surface area (Å²) in [4.78, 5) is 22.0. The van der Waals surface area contributed by atoms with Crippen LogP contribution in [0.3, 0.4) is 0 Å². The second kappa shape index (κ2) is 7.33. The molecule has 1 fully saturated rings. The molecule has 3 aromatic rings. The molecule has 0 aromatic carbocycles. The number of pyridine rings is 1. The van der Waals surface area contributed by atoms with Gasteiger partial charge in [0.2, 0.25) is 5.89 Å². The Morgan fingerprint density at radius 3 is 2.82 bits per heavy atom. The van der Waals surface area contributed by atoms with Crippen molar-refractivity contribution in [1.29, 1.82) is 0 Å². The van der Waals surface area contributed by atoms with Crippen molar-refractivity contribution in [2.24, 2.45) is 7.05 Å². The molecule has 1 saturated carbocycles. The molecule has 0 saturated heterocycles. The van der Waals surface area contributed by atoms with Crippen LogP contribution < -0.4 is 5.32 Å². The van der Waals surface area contributed by atoms with Gasteiger partial charge in [-0.15, -0.1) is 0 Å². The number of rotatable bonds is 7. The van der Waals surface area contributed by atoms with Crippen molar-refractivity contribution in [2.45, 2.75) is 58.3 Å². The Labute approximate surface area is 163 Å². The summed E-state index contributed by atoms with van der Waals surface area (Å²) in [6.07, 6.45) is 3.66. The fraction of sp³-hybridized carbons (Fsp3) is 0.550. The van der Waals surface area contributed by atoms with E-state index >= 15 is 0 Å². The van der Waals surface area contributed by atoms with E-state index in [1.54, 1.807) is 4.68 Å². The highest BCUT2D eigenvalue weighted by Crippen LogP contribution is 2.40. The molecule has 8 heteroatoms. The third-order valence-corrected chi connectivity index (χ3v) is 5.08. The minimum absolute atomic E-state index is 0.0844. The number of carbonyl (C=O) groups excluding carboxylic acids is 1. The second-order valence-corrected chi connectivity index (χ2v) is 7.84. The van der Waals surface area contributed by atoms with Crippen LogP contribution in [0.1, 0.15) is 78.4 Å². The Morgan fingerprint density at radius 2 is 2.14 bits per heavy atom. The number of amides is 1. The summed E-state index contributed by atoms with van der Waals surface area (Å²) in [5, 5.41) is 12.3. The highest BCUT2D eigenvalue weighted by atomic mass is 16.5. The van der Waals surface area contributed by atoms with Crippen LogP contribution in [0, 0.1) is 6.92 Å². The van der Waals surface area contributed by atoms with Crippen molar-refractivity contribution in [3.8, 4) is 0 Å². The quantitative estimate of drug-likeness (QED) is 0.631. The summed E-state index contributed by atoms with van der Waals surface area (Å²) in [5.74, 6) is 1.97. The summed E-state index contributed by atoms with van der Waals surface area (Å²) >= 11 is 0. The largest absolute Gasteiger partial charge is 0.352 e. The monoisotopic (exact) mass is 382 g/mol. The molecular weight excluding hydrogens is 356 g/mol. The zero-order valence-electron chi connectivity index (χ0n) is 16.8. The molecule has 148 valence electrons. The molecule has 3 aromatic heterocycles. The first-order valence-corrected chi connectivity index (χ1v) is 9.89. The van der Waals surface area contributed by atoms with Gasteiger partial charge in [-0.1, -0.05) is 19.0 Å². The number of aromatic nitrogens is 5. The first kappa shape index (κ1) is 18.6. The van der Waals surface area contributed by atoms with E-state index in [0.29, 0.717) is 30.3 Å². The summed E-state index contributed by atoms with van der Waals surface area (Å²) in [6, 6.07) is 1.94. The van der Waals surface area contributed by atoms with Crippen molar-refractivity contribution < 1.29 is 9.32 Å². The van der Waals surface area contributed by atoms with E-state index in [9.17, 15) is 4.79 Å². The van der Waals surface area contributed by atoms with Crippen LogP contribution in [0.25, 0.3) is 11.0 Å². The molecule has 0 bridgehead atoms. The van der Waals surface area contributed by atoms with E-state index in [-0.39, 0.29) is 11.8 Å². The van der Waals surface area contributed by atoms with E-state index in [0.717, 1.165) is 47.5 Å². The lowest BCUT2D eigenvalue weighted by Gasteiger charge is -2.08. The van der Waals surface area contributed by atoms with E-state index in [4.69, 9.17) is 9.51 Å². The Bertz CT molecular complexity index is 1020. The average Bonchev–Trinajstić information content (AvgIpc) is 3.34. The van der Waals surface area contributed by atoms with Crippen molar-refractivity contribution in [1.82, 2.24) is 30.2 Å². The van der Waals surface area contributed by atoms with Crippen molar-refractivity contribution in [3.63, 3.8) is 0 Å². The van der Waals surface area contributed by atoms with Crippen LogP contribution in [0.5, 0.6) is 0 Å². The number of nitrogens with zero attached hydrogens (tertiary/aromatic N) is 5. The number of hydrogen-bond acceptors (Lipinski definition) is 6. The molecule has 1 aliphatic rings. The first-order chi connectivity index (χ1) is 13.4. The first-order valence-electron chi connectivity index (χ1n) is 9.89. The number of carbonyl (C=O) groups is 1. The smallest absolute Gasteiger partial charge is 0.252 e. The van der Waals surface area contributed by atoms with Gasteiger partial charge in [0.25, 0.3) is 5.91 Å². The molecule has 28 heavy (non-hydrogen) atoms. The van der Waals surface area contributed by atoms with E-state index in [1.807, 2.05) is 33.9 Å². The number of hydrogen-bond donors (Lipinski definition) is 1. The van der Waals surface area contributed by atoms with Crippen LogP contribution in [-0.4, -0.2) is 37.4 Å². The molecule has 0 radical (unpaired) electrons. The zero-order valence-corrected chi connectivity index (χ0v) is 16.8. The molecule has 0 aliphatic heterocycles. The van der Waals surface area contributed by atoms with Crippen molar-refractivity contribution >= 4 is 16.9 Å². The molecule has 4 rings (SSSR count). The summed E-state index contributed by atoms with van der Waals surface area (Å²) in [5.41, 5.74) is 3.26. The van der Waals surface area contributed by atoms with Gasteiger partial charge in [0, 0.05) is 37.5 Å². The normalized spacial score (nSPS) is 14.2. The van der Waals surface area contributed by atoms with Crippen LogP contribution in [0.2, 0.25) is 0 Å². The molecule has 8 nitrogen and oxygen atoms in total. The maximum absolute atomic E-state index is 12.9. The van der Waals surface area contributed by atoms with Gasteiger partial charge >= 0.3 is 0 Å². The van der Waals surface area contributed by atoms with Gasteiger partial charge in [0.1, 0.15) is 0 Å². The van der Waals surface area contributed by atoms with Gasteiger partial charge in [-0.05, 0) is 32.3 Å². The van der Waals surface area contributed by atoms with Crippen LogP contribution >= 0.6 is 0 Å². The summed E-state index contributed by atoms with van der Waals surface area (Å²) in [6.45, 7) is 6.51. The minimum Gasteiger partial charge on any atom is -0.352 e. The van der Waals surface area contributed by atoms with Crippen LogP contribution in [0.15, 0.2) is 10.6 Å². The molecule has 1 N–H and O–H groups in total. The lowest BCUT2D eigenvalue weighted by atomic mass is 10.1. The van der Waals surface area contributed by atoms with Gasteiger partial charge in [0.05, 0.1) is 16.6 Å². The van der Waals surface area contributed by atoms with Gasteiger partial charge < -0.3 is 9.84 Å². The maximum atomic E-state index is 12.9. The molecule has 0 unspecified atom stereocenters. The fourth-order valence-corrected chi connectivity index (χ4v) is 3.37. The van der Waals surface area contributed by atoms with Gasteiger partial charge in [0.15, 0.2) is 11.5 Å². The van der Waals surface area contributed by atoms with Crippen molar-refractivity contribution in [3.05, 3.63) is 34.7 Å². The summed E-state index contributed by atoms with van der Waals surface area (Å²) < 4.78 is 7.01. The minimum atomic E-state index is -0.0844. The van der Waals surface area contributed by atoms with Crippen LogP contribution in [-0.2, 0) is 13.5 Å². The topological polar surface area (TPSA) is 98.7 Å². The Morgan fingerprint density at radius 1 is 1.36 bits per heavy atom. The molecule has 1 amide bonds. The fourth-order valence-electron chi connectivity index (χ4n) is 3.37. The van der Waals surface area contributed by atoms with E-state index < -0.39 is 0 Å². The van der Waals surface area contributed by atoms with Crippen LogP contribution in [0.4, 0.5) is 0 Å².